The lowest BCUT2D eigenvalue weighted by atomic mass is 10.2. The van der Waals surface area contributed by atoms with Gasteiger partial charge in [-0.1, -0.05) is 19.9 Å². The van der Waals surface area contributed by atoms with E-state index in [1.807, 2.05) is 26.0 Å². The van der Waals surface area contributed by atoms with Crippen molar-refractivity contribution in [2.45, 2.75) is 13.8 Å². The van der Waals surface area contributed by atoms with Crippen LogP contribution in [-0.2, 0) is 4.74 Å². The average Bonchev–Trinajstić information content (AvgIpc) is 2.37. The summed E-state index contributed by atoms with van der Waals surface area (Å²) in [6.45, 7) is 4.28. The van der Waals surface area contributed by atoms with Crippen molar-refractivity contribution in [2.24, 2.45) is 5.92 Å². The van der Waals surface area contributed by atoms with Gasteiger partial charge >= 0.3 is 6.16 Å². The van der Waals surface area contributed by atoms with E-state index in [2.05, 4.69) is 4.98 Å². The fourth-order valence-corrected chi connectivity index (χ4v) is 1.52. The van der Waals surface area contributed by atoms with Crippen LogP contribution in [0.25, 0.3) is 10.9 Å². The van der Waals surface area contributed by atoms with Crippen LogP contribution in [0.2, 0.25) is 0 Å². The molecule has 1 aromatic carbocycles. The fraction of sp³-hybridized carbons (Fsp3) is 0.286. The summed E-state index contributed by atoms with van der Waals surface area (Å²) >= 11 is 0. The second kappa shape index (κ2) is 5.49. The SMILES string of the molecule is CC(C)COC(=O)Oc1cccc2ncccc12. The number of aromatic nitrogens is 1. The van der Waals surface area contributed by atoms with E-state index in [1.54, 1.807) is 24.4 Å². The second-order valence-electron chi connectivity index (χ2n) is 4.38. The Morgan fingerprint density at radius 1 is 1.28 bits per heavy atom. The van der Waals surface area contributed by atoms with Crippen molar-refractivity contribution in [3.63, 3.8) is 0 Å². The number of fused-ring (bicyclic) bond motifs is 1. The standard InChI is InChI=1S/C14H15NO3/c1-10(2)9-17-14(16)18-13-7-3-6-12-11(13)5-4-8-15-12/h3-8,10H,9H2,1-2H3. The highest BCUT2D eigenvalue weighted by Gasteiger charge is 2.10. The van der Waals surface area contributed by atoms with Crippen LogP contribution in [0.4, 0.5) is 4.79 Å². The molecule has 0 fully saturated rings. The van der Waals surface area contributed by atoms with Gasteiger partial charge in [-0.3, -0.25) is 4.98 Å². The Kier molecular flexibility index (Phi) is 3.77. The minimum Gasteiger partial charge on any atom is -0.434 e. The molecule has 1 aromatic heterocycles. The molecule has 0 saturated heterocycles. The molecular formula is C14H15NO3. The lowest BCUT2D eigenvalue weighted by molar-refractivity contribution is 0.0890. The van der Waals surface area contributed by atoms with Gasteiger partial charge in [0.25, 0.3) is 0 Å². The molecule has 94 valence electrons. The van der Waals surface area contributed by atoms with Crippen molar-refractivity contribution in [3.05, 3.63) is 36.5 Å². The maximum atomic E-state index is 11.5. The van der Waals surface area contributed by atoms with Crippen LogP contribution in [0, 0.1) is 5.92 Å². The first-order chi connectivity index (χ1) is 8.66. The molecule has 4 heteroatoms. The lowest BCUT2D eigenvalue weighted by Gasteiger charge is -2.09. The number of benzene rings is 1. The number of carbonyl (C=O) groups is 1. The van der Waals surface area contributed by atoms with Crippen molar-refractivity contribution in [1.29, 1.82) is 0 Å². The third kappa shape index (κ3) is 2.97. The zero-order valence-corrected chi connectivity index (χ0v) is 10.4. The van der Waals surface area contributed by atoms with Crippen LogP contribution in [0.15, 0.2) is 36.5 Å². The molecule has 0 aliphatic carbocycles. The molecule has 1 heterocycles. The molecule has 0 aliphatic rings. The maximum absolute atomic E-state index is 11.5. The quantitative estimate of drug-likeness (QED) is 0.614. The van der Waals surface area contributed by atoms with Crippen LogP contribution in [-0.4, -0.2) is 17.7 Å². The summed E-state index contributed by atoms with van der Waals surface area (Å²) in [6.07, 6.45) is 1.02. The number of ether oxygens (including phenoxy) is 2. The van der Waals surface area contributed by atoms with Gasteiger partial charge in [-0.2, -0.15) is 0 Å². The summed E-state index contributed by atoms with van der Waals surface area (Å²) in [7, 11) is 0. The van der Waals surface area contributed by atoms with Gasteiger partial charge in [0, 0.05) is 11.6 Å². The molecule has 0 unspecified atom stereocenters. The zero-order valence-electron chi connectivity index (χ0n) is 10.4. The summed E-state index contributed by atoms with van der Waals surface area (Å²) in [4.78, 5) is 15.7. The summed E-state index contributed by atoms with van der Waals surface area (Å²) in [5.74, 6) is 0.751. The monoisotopic (exact) mass is 245 g/mol. The summed E-state index contributed by atoms with van der Waals surface area (Å²) in [6, 6.07) is 9.03. The summed E-state index contributed by atoms with van der Waals surface area (Å²) in [5, 5.41) is 0.793. The molecule has 0 bridgehead atoms. The number of rotatable bonds is 3. The van der Waals surface area contributed by atoms with E-state index in [4.69, 9.17) is 9.47 Å². The Balaban J connectivity index is 2.14. The highest BCUT2D eigenvalue weighted by molar-refractivity contribution is 5.86. The molecule has 0 saturated carbocycles. The molecule has 0 aliphatic heterocycles. The third-order valence-corrected chi connectivity index (χ3v) is 2.33. The minimum absolute atomic E-state index is 0.284. The van der Waals surface area contributed by atoms with Crippen molar-refractivity contribution in [1.82, 2.24) is 4.98 Å². The van der Waals surface area contributed by atoms with Crippen molar-refractivity contribution in [2.75, 3.05) is 6.61 Å². The first kappa shape index (κ1) is 12.4. The van der Waals surface area contributed by atoms with Crippen LogP contribution >= 0.6 is 0 Å². The molecule has 0 spiro atoms. The van der Waals surface area contributed by atoms with Crippen LogP contribution < -0.4 is 4.74 Å². The van der Waals surface area contributed by atoms with Gasteiger partial charge in [-0.15, -0.1) is 0 Å². The Labute approximate surface area is 106 Å². The summed E-state index contributed by atoms with van der Waals surface area (Å²) in [5.41, 5.74) is 0.784. The largest absolute Gasteiger partial charge is 0.513 e. The average molecular weight is 245 g/mol. The summed E-state index contributed by atoms with van der Waals surface area (Å²) < 4.78 is 10.2. The second-order valence-corrected chi connectivity index (χ2v) is 4.38. The van der Waals surface area contributed by atoms with E-state index in [0.717, 1.165) is 10.9 Å². The Hall–Kier alpha value is -2.10. The third-order valence-electron chi connectivity index (χ3n) is 2.33. The van der Waals surface area contributed by atoms with Crippen LogP contribution in [0.1, 0.15) is 13.8 Å². The van der Waals surface area contributed by atoms with Gasteiger partial charge in [0.05, 0.1) is 12.1 Å². The van der Waals surface area contributed by atoms with Crippen molar-refractivity contribution < 1.29 is 14.3 Å². The molecular weight excluding hydrogens is 230 g/mol. The number of carbonyl (C=O) groups excluding carboxylic acids is 1. The Bertz CT molecular complexity index is 546. The van der Waals surface area contributed by atoms with Gasteiger partial charge in [0.15, 0.2) is 0 Å². The predicted molar refractivity (Wildman–Crippen MR) is 68.6 cm³/mol. The molecule has 0 N–H and O–H groups in total. The maximum Gasteiger partial charge on any atom is 0.513 e. The van der Waals surface area contributed by atoms with Gasteiger partial charge in [0.1, 0.15) is 5.75 Å². The predicted octanol–water partition coefficient (Wildman–Crippen LogP) is 3.41. The molecule has 18 heavy (non-hydrogen) atoms. The number of hydrogen-bond donors (Lipinski definition) is 0. The molecule has 2 rings (SSSR count). The molecule has 0 atom stereocenters. The highest BCUT2D eigenvalue weighted by atomic mass is 16.7. The highest BCUT2D eigenvalue weighted by Crippen LogP contribution is 2.23. The molecule has 0 radical (unpaired) electrons. The zero-order chi connectivity index (χ0) is 13.0. The topological polar surface area (TPSA) is 48.4 Å². The molecule has 4 nitrogen and oxygen atoms in total. The molecule has 2 aromatic rings. The van der Waals surface area contributed by atoms with E-state index >= 15 is 0 Å². The van der Waals surface area contributed by atoms with Gasteiger partial charge < -0.3 is 9.47 Å². The van der Waals surface area contributed by atoms with Crippen molar-refractivity contribution >= 4 is 17.1 Å². The Morgan fingerprint density at radius 2 is 2.11 bits per heavy atom. The van der Waals surface area contributed by atoms with Gasteiger partial charge in [-0.25, -0.2) is 4.79 Å². The number of nitrogens with zero attached hydrogens (tertiary/aromatic N) is 1. The van der Waals surface area contributed by atoms with E-state index in [-0.39, 0.29) is 5.92 Å². The van der Waals surface area contributed by atoms with Crippen LogP contribution in [0.5, 0.6) is 5.75 Å². The number of pyridine rings is 1. The van der Waals surface area contributed by atoms with E-state index < -0.39 is 6.16 Å². The lowest BCUT2D eigenvalue weighted by Crippen LogP contribution is -2.14. The van der Waals surface area contributed by atoms with Crippen LogP contribution in [0.3, 0.4) is 0 Å². The van der Waals surface area contributed by atoms with E-state index in [1.165, 1.54) is 0 Å². The van der Waals surface area contributed by atoms with Gasteiger partial charge in [-0.05, 0) is 30.2 Å². The normalized spacial score (nSPS) is 10.6. The minimum atomic E-state index is -0.681. The number of hydrogen-bond acceptors (Lipinski definition) is 4. The first-order valence-corrected chi connectivity index (χ1v) is 5.85. The van der Waals surface area contributed by atoms with E-state index in [0.29, 0.717) is 12.4 Å². The Morgan fingerprint density at radius 3 is 2.89 bits per heavy atom. The first-order valence-electron chi connectivity index (χ1n) is 5.85. The van der Waals surface area contributed by atoms with Gasteiger partial charge in [0.2, 0.25) is 0 Å². The fourth-order valence-electron chi connectivity index (χ4n) is 1.52. The smallest absolute Gasteiger partial charge is 0.434 e. The van der Waals surface area contributed by atoms with Crippen molar-refractivity contribution in [3.8, 4) is 5.75 Å². The molecule has 0 amide bonds. The van der Waals surface area contributed by atoms with E-state index in [9.17, 15) is 4.79 Å².